The maximum atomic E-state index is 12.9. The molecule has 8 heteroatoms. The van der Waals surface area contributed by atoms with E-state index < -0.39 is 5.60 Å². The molecular formula is C30H41N3O5. The van der Waals surface area contributed by atoms with Crippen LogP contribution in [0.2, 0.25) is 0 Å². The van der Waals surface area contributed by atoms with Crippen molar-refractivity contribution in [2.24, 2.45) is 0 Å². The van der Waals surface area contributed by atoms with Gasteiger partial charge in [0.05, 0.1) is 7.11 Å². The Kier molecular flexibility index (Phi) is 10.2. The summed E-state index contributed by atoms with van der Waals surface area (Å²) >= 11 is 0. The van der Waals surface area contributed by atoms with Gasteiger partial charge in [-0.2, -0.15) is 0 Å². The topological polar surface area (TPSA) is 88.2 Å². The van der Waals surface area contributed by atoms with Crippen molar-refractivity contribution in [2.75, 3.05) is 38.2 Å². The molecule has 0 aromatic heterocycles. The van der Waals surface area contributed by atoms with Gasteiger partial charge in [-0.15, -0.1) is 0 Å². The second-order valence-corrected chi connectivity index (χ2v) is 10.5. The van der Waals surface area contributed by atoms with E-state index in [0.717, 1.165) is 59.2 Å². The second-order valence-electron chi connectivity index (χ2n) is 10.5. The molecule has 0 bridgehead atoms. The van der Waals surface area contributed by atoms with Crippen LogP contribution in [-0.2, 0) is 22.4 Å². The second kappa shape index (κ2) is 13.3. The SMILES string of the molecule is CCNC(=O)N1CCc2cc(-c3ccc(OC)c(CCN(CCCCC=O)C(=O)OC(C)(C)C)c3)ccc21. The van der Waals surface area contributed by atoms with E-state index in [1.165, 1.54) is 0 Å². The third-order valence-corrected chi connectivity index (χ3v) is 6.46. The molecule has 0 radical (unpaired) electrons. The lowest BCUT2D eigenvalue weighted by Crippen LogP contribution is -2.38. The van der Waals surface area contributed by atoms with Gasteiger partial charge in [-0.3, -0.25) is 4.90 Å². The van der Waals surface area contributed by atoms with Crippen LogP contribution < -0.4 is 15.0 Å². The van der Waals surface area contributed by atoms with Crippen molar-refractivity contribution < 1.29 is 23.9 Å². The van der Waals surface area contributed by atoms with E-state index >= 15 is 0 Å². The highest BCUT2D eigenvalue weighted by molar-refractivity contribution is 5.94. The summed E-state index contributed by atoms with van der Waals surface area (Å²) in [4.78, 5) is 39.5. The molecule has 1 aliphatic heterocycles. The molecule has 0 saturated carbocycles. The van der Waals surface area contributed by atoms with Gasteiger partial charge in [-0.05, 0) is 99.9 Å². The molecule has 206 valence electrons. The third kappa shape index (κ3) is 7.73. The van der Waals surface area contributed by atoms with Gasteiger partial charge in [0.2, 0.25) is 0 Å². The lowest BCUT2D eigenvalue weighted by Gasteiger charge is -2.27. The number of aldehydes is 1. The van der Waals surface area contributed by atoms with Gasteiger partial charge < -0.3 is 24.5 Å². The molecule has 38 heavy (non-hydrogen) atoms. The average molecular weight is 524 g/mol. The maximum Gasteiger partial charge on any atom is 0.410 e. The molecule has 1 heterocycles. The predicted molar refractivity (Wildman–Crippen MR) is 150 cm³/mol. The molecule has 2 aromatic carbocycles. The highest BCUT2D eigenvalue weighted by Gasteiger charge is 2.25. The van der Waals surface area contributed by atoms with Crippen molar-refractivity contribution in [3.63, 3.8) is 0 Å². The standard InChI is InChI=1S/C30H41N3O5/c1-6-31-28(35)33-18-15-24-20-22(10-12-26(24)33)23-11-13-27(37-5)25(21-23)14-17-32(16-8-7-9-19-34)29(36)38-30(2,3)4/h10-13,19-21H,6-9,14-18H2,1-5H3,(H,31,35). The number of hydrogen-bond donors (Lipinski definition) is 1. The van der Waals surface area contributed by atoms with Crippen LogP contribution in [0, 0.1) is 0 Å². The number of fused-ring (bicyclic) bond motifs is 1. The Morgan fingerprint density at radius 3 is 2.50 bits per heavy atom. The average Bonchev–Trinajstić information content (AvgIpc) is 3.30. The van der Waals surface area contributed by atoms with Gasteiger partial charge in [-0.1, -0.05) is 12.1 Å². The van der Waals surface area contributed by atoms with E-state index in [9.17, 15) is 14.4 Å². The van der Waals surface area contributed by atoms with Crippen molar-refractivity contribution in [2.45, 2.75) is 65.4 Å². The smallest absolute Gasteiger partial charge is 0.410 e. The fourth-order valence-electron chi connectivity index (χ4n) is 4.60. The number of carbonyl (C=O) groups is 3. The van der Waals surface area contributed by atoms with Crippen LogP contribution in [0.1, 0.15) is 58.1 Å². The molecule has 2 aromatic rings. The number of benzene rings is 2. The van der Waals surface area contributed by atoms with Crippen molar-refractivity contribution in [1.82, 2.24) is 10.2 Å². The summed E-state index contributed by atoms with van der Waals surface area (Å²) in [5.74, 6) is 0.766. The monoisotopic (exact) mass is 523 g/mol. The Hall–Kier alpha value is -3.55. The van der Waals surface area contributed by atoms with E-state index in [1.54, 1.807) is 16.9 Å². The van der Waals surface area contributed by atoms with E-state index in [1.807, 2.05) is 52.0 Å². The molecule has 0 spiro atoms. The fourth-order valence-corrected chi connectivity index (χ4v) is 4.60. The first kappa shape index (κ1) is 29.0. The number of anilines is 1. The number of unbranched alkanes of at least 4 members (excludes halogenated alkanes) is 2. The molecule has 3 rings (SSSR count). The summed E-state index contributed by atoms with van der Waals surface area (Å²) in [6.07, 6.45) is 3.92. The molecule has 0 saturated heterocycles. The number of amides is 3. The molecule has 8 nitrogen and oxygen atoms in total. The van der Waals surface area contributed by atoms with Crippen LogP contribution in [-0.4, -0.2) is 62.2 Å². The normalized spacial score (nSPS) is 12.6. The Morgan fingerprint density at radius 1 is 1.08 bits per heavy atom. The van der Waals surface area contributed by atoms with Gasteiger partial charge in [-0.25, -0.2) is 9.59 Å². The first-order valence-electron chi connectivity index (χ1n) is 13.4. The predicted octanol–water partition coefficient (Wildman–Crippen LogP) is 5.60. The summed E-state index contributed by atoms with van der Waals surface area (Å²) in [6.45, 7) is 9.75. The number of nitrogens with zero attached hydrogens (tertiary/aromatic N) is 2. The van der Waals surface area contributed by atoms with Gasteiger partial charge in [0.25, 0.3) is 0 Å². The zero-order valence-corrected chi connectivity index (χ0v) is 23.3. The molecule has 0 atom stereocenters. The summed E-state index contributed by atoms with van der Waals surface area (Å²) < 4.78 is 11.3. The van der Waals surface area contributed by atoms with E-state index in [4.69, 9.17) is 9.47 Å². The molecule has 0 aliphatic carbocycles. The van der Waals surface area contributed by atoms with Crippen LogP contribution in [0.5, 0.6) is 5.75 Å². The Labute approximate surface area is 226 Å². The zero-order chi connectivity index (χ0) is 27.7. The number of carbonyl (C=O) groups excluding carboxylic acids is 3. The van der Waals surface area contributed by atoms with E-state index in [0.29, 0.717) is 39.0 Å². The maximum absolute atomic E-state index is 12.9. The minimum atomic E-state index is -0.587. The lowest BCUT2D eigenvalue weighted by molar-refractivity contribution is -0.107. The Balaban J connectivity index is 1.78. The number of methoxy groups -OCH3 is 1. The quantitative estimate of drug-likeness (QED) is 0.306. The van der Waals surface area contributed by atoms with Crippen LogP contribution in [0.15, 0.2) is 36.4 Å². The highest BCUT2D eigenvalue weighted by Crippen LogP contribution is 2.34. The Bertz CT molecular complexity index is 1130. The minimum absolute atomic E-state index is 0.0635. The number of rotatable bonds is 11. The molecule has 0 fully saturated rings. The molecule has 0 unspecified atom stereocenters. The lowest BCUT2D eigenvalue weighted by atomic mass is 9.98. The Morgan fingerprint density at radius 2 is 1.82 bits per heavy atom. The van der Waals surface area contributed by atoms with Crippen molar-refractivity contribution in [1.29, 1.82) is 0 Å². The van der Waals surface area contributed by atoms with Crippen molar-refractivity contribution >= 4 is 24.1 Å². The van der Waals surface area contributed by atoms with Gasteiger partial charge in [0.15, 0.2) is 0 Å². The van der Waals surface area contributed by atoms with Crippen molar-refractivity contribution in [3.8, 4) is 16.9 Å². The number of hydrogen-bond acceptors (Lipinski definition) is 5. The first-order valence-corrected chi connectivity index (χ1v) is 13.4. The van der Waals surface area contributed by atoms with E-state index in [-0.39, 0.29) is 12.1 Å². The molecule has 1 aliphatic rings. The van der Waals surface area contributed by atoms with Crippen molar-refractivity contribution in [3.05, 3.63) is 47.5 Å². The number of nitrogens with one attached hydrogen (secondary N) is 1. The minimum Gasteiger partial charge on any atom is -0.496 e. The largest absolute Gasteiger partial charge is 0.496 e. The van der Waals surface area contributed by atoms with Crippen LogP contribution >= 0.6 is 0 Å². The molecular weight excluding hydrogens is 482 g/mol. The van der Waals surface area contributed by atoms with Gasteiger partial charge >= 0.3 is 12.1 Å². The molecule has 3 amide bonds. The van der Waals surface area contributed by atoms with Gasteiger partial charge in [0, 0.05) is 38.3 Å². The third-order valence-electron chi connectivity index (χ3n) is 6.46. The van der Waals surface area contributed by atoms with Crippen LogP contribution in [0.25, 0.3) is 11.1 Å². The van der Waals surface area contributed by atoms with Gasteiger partial charge in [0.1, 0.15) is 17.6 Å². The zero-order valence-electron chi connectivity index (χ0n) is 23.3. The van der Waals surface area contributed by atoms with Crippen LogP contribution in [0.4, 0.5) is 15.3 Å². The van der Waals surface area contributed by atoms with Crippen LogP contribution in [0.3, 0.4) is 0 Å². The van der Waals surface area contributed by atoms with E-state index in [2.05, 4.69) is 17.4 Å². The summed E-state index contributed by atoms with van der Waals surface area (Å²) in [7, 11) is 1.65. The summed E-state index contributed by atoms with van der Waals surface area (Å²) in [5.41, 5.74) is 4.64. The first-order chi connectivity index (χ1) is 18.2. The number of urea groups is 1. The fraction of sp³-hybridized carbons (Fsp3) is 0.500. The summed E-state index contributed by atoms with van der Waals surface area (Å²) in [5, 5.41) is 2.88. The highest BCUT2D eigenvalue weighted by atomic mass is 16.6. The summed E-state index contributed by atoms with van der Waals surface area (Å²) in [6, 6.07) is 12.2. The number of ether oxygens (including phenoxy) is 2. The molecule has 1 N–H and O–H groups in total.